The molecule has 124 valence electrons. The summed E-state index contributed by atoms with van der Waals surface area (Å²) in [6.45, 7) is 6.93. The lowest BCUT2D eigenvalue weighted by Crippen LogP contribution is -2.41. The van der Waals surface area contributed by atoms with Crippen molar-refractivity contribution in [3.8, 4) is 0 Å². The minimum absolute atomic E-state index is 0.290. The molecule has 0 aromatic carbocycles. The van der Waals surface area contributed by atoms with E-state index in [1.807, 2.05) is 13.2 Å². The van der Waals surface area contributed by atoms with Gasteiger partial charge in [0.15, 0.2) is 0 Å². The summed E-state index contributed by atoms with van der Waals surface area (Å²) in [6.07, 6.45) is 4.50. The van der Waals surface area contributed by atoms with Crippen molar-refractivity contribution in [1.82, 2.24) is 9.88 Å². The second-order valence-electron chi connectivity index (χ2n) is 6.44. The van der Waals surface area contributed by atoms with Gasteiger partial charge in [0, 0.05) is 46.0 Å². The Morgan fingerprint density at radius 1 is 1.50 bits per heavy atom. The van der Waals surface area contributed by atoms with Crippen LogP contribution in [-0.4, -0.2) is 56.3 Å². The van der Waals surface area contributed by atoms with Gasteiger partial charge in [0.25, 0.3) is 0 Å². The molecule has 1 aromatic rings. The molecule has 0 radical (unpaired) electrons. The Hall–Kier alpha value is -1.17. The molecule has 1 aromatic heterocycles. The van der Waals surface area contributed by atoms with E-state index in [4.69, 9.17) is 10.5 Å². The second-order valence-corrected chi connectivity index (χ2v) is 6.44. The maximum atomic E-state index is 6.06. The van der Waals surface area contributed by atoms with Gasteiger partial charge in [-0.1, -0.05) is 6.07 Å². The van der Waals surface area contributed by atoms with E-state index in [1.165, 1.54) is 24.9 Å². The Bertz CT molecular complexity index is 435. The monoisotopic (exact) mass is 306 g/mol. The van der Waals surface area contributed by atoms with E-state index in [0.717, 1.165) is 25.5 Å². The van der Waals surface area contributed by atoms with Crippen LogP contribution in [0.25, 0.3) is 0 Å². The normalized spacial score (nSPS) is 20.8. The fourth-order valence-electron chi connectivity index (χ4n) is 3.00. The van der Waals surface area contributed by atoms with Gasteiger partial charge < -0.3 is 15.4 Å². The average Bonchev–Trinajstić information content (AvgIpc) is 2.53. The van der Waals surface area contributed by atoms with E-state index in [1.54, 1.807) is 7.11 Å². The van der Waals surface area contributed by atoms with E-state index >= 15 is 0 Å². The molecule has 0 saturated carbocycles. The predicted octanol–water partition coefficient (Wildman–Crippen LogP) is 1.72. The van der Waals surface area contributed by atoms with Crippen LogP contribution in [0.3, 0.4) is 0 Å². The summed E-state index contributed by atoms with van der Waals surface area (Å²) >= 11 is 0. The van der Waals surface area contributed by atoms with Crippen LogP contribution in [0.5, 0.6) is 0 Å². The second kappa shape index (κ2) is 8.46. The van der Waals surface area contributed by atoms with E-state index < -0.39 is 0 Å². The Kier molecular flexibility index (Phi) is 6.61. The third-order valence-corrected chi connectivity index (χ3v) is 4.52. The summed E-state index contributed by atoms with van der Waals surface area (Å²) in [5, 5.41) is 0. The first-order chi connectivity index (χ1) is 10.6. The van der Waals surface area contributed by atoms with E-state index in [2.05, 4.69) is 33.8 Å². The fourth-order valence-corrected chi connectivity index (χ4v) is 3.00. The molecule has 1 aliphatic rings. The molecule has 2 N–H and O–H groups in total. The zero-order valence-electron chi connectivity index (χ0n) is 14.2. The molecule has 0 bridgehead atoms. The molecule has 0 amide bonds. The van der Waals surface area contributed by atoms with E-state index in [9.17, 15) is 0 Å². The molecule has 1 aliphatic heterocycles. The predicted molar refractivity (Wildman–Crippen MR) is 91.0 cm³/mol. The highest BCUT2D eigenvalue weighted by molar-refractivity contribution is 5.38. The van der Waals surface area contributed by atoms with Gasteiger partial charge in [-0.15, -0.1) is 0 Å². The minimum atomic E-state index is 0.290. The number of rotatable bonds is 7. The molecule has 1 saturated heterocycles. The number of hydrogen-bond donors (Lipinski definition) is 1. The van der Waals surface area contributed by atoms with Crippen LogP contribution in [0.15, 0.2) is 18.3 Å². The summed E-state index contributed by atoms with van der Waals surface area (Å²) < 4.78 is 5.10. The summed E-state index contributed by atoms with van der Waals surface area (Å²) in [5.41, 5.74) is 7.33. The largest absolute Gasteiger partial charge is 0.383 e. The summed E-state index contributed by atoms with van der Waals surface area (Å²) in [4.78, 5) is 9.18. The number of anilines is 1. The molecular formula is C17H30N4O. The molecule has 0 aliphatic carbocycles. The van der Waals surface area contributed by atoms with Gasteiger partial charge in [0.2, 0.25) is 0 Å². The number of likely N-dealkylation sites (tertiary alicyclic amines) is 1. The molecule has 0 spiro atoms. The van der Waals surface area contributed by atoms with Crippen LogP contribution in [0.4, 0.5) is 5.82 Å². The Morgan fingerprint density at radius 2 is 2.32 bits per heavy atom. The molecule has 5 nitrogen and oxygen atoms in total. The maximum absolute atomic E-state index is 6.06. The summed E-state index contributed by atoms with van der Waals surface area (Å²) in [5.74, 6) is 1.62. The molecular weight excluding hydrogens is 276 g/mol. The van der Waals surface area contributed by atoms with Crippen molar-refractivity contribution < 1.29 is 4.74 Å². The number of hydrogen-bond acceptors (Lipinski definition) is 5. The Balaban J connectivity index is 1.88. The Morgan fingerprint density at radius 3 is 2.95 bits per heavy atom. The van der Waals surface area contributed by atoms with Crippen LogP contribution >= 0.6 is 0 Å². The smallest absolute Gasteiger partial charge is 0.128 e. The maximum Gasteiger partial charge on any atom is 0.128 e. The number of piperidine rings is 1. The zero-order valence-corrected chi connectivity index (χ0v) is 14.2. The van der Waals surface area contributed by atoms with Crippen molar-refractivity contribution in [1.29, 1.82) is 0 Å². The number of ether oxygens (including phenoxy) is 1. The molecule has 22 heavy (non-hydrogen) atoms. The number of aromatic nitrogens is 1. The molecule has 5 heteroatoms. The molecule has 1 fully saturated rings. The lowest BCUT2D eigenvalue weighted by molar-refractivity contribution is 0.154. The molecule has 2 atom stereocenters. The lowest BCUT2D eigenvalue weighted by Gasteiger charge is -2.34. The number of nitrogens with two attached hydrogens (primary N) is 1. The first kappa shape index (κ1) is 17.2. The average molecular weight is 306 g/mol. The van der Waals surface area contributed by atoms with Crippen molar-refractivity contribution in [2.75, 3.05) is 45.3 Å². The SMILES string of the molecule is COCCN(C)c1ccc(CN2CCCC(C(C)N)C2)cn1. The van der Waals surface area contributed by atoms with Gasteiger partial charge in [0.05, 0.1) is 6.61 Å². The summed E-state index contributed by atoms with van der Waals surface area (Å²) in [6, 6.07) is 4.57. The minimum Gasteiger partial charge on any atom is -0.383 e. The molecule has 2 unspecified atom stereocenters. The number of likely N-dealkylation sites (N-methyl/N-ethyl adjacent to an activating group) is 1. The molecule has 2 heterocycles. The number of pyridine rings is 1. The van der Waals surface area contributed by atoms with E-state index in [0.29, 0.717) is 12.5 Å². The summed E-state index contributed by atoms with van der Waals surface area (Å²) in [7, 11) is 3.76. The van der Waals surface area contributed by atoms with Crippen molar-refractivity contribution in [2.24, 2.45) is 11.7 Å². The quantitative estimate of drug-likeness (QED) is 0.831. The third-order valence-electron chi connectivity index (χ3n) is 4.52. The van der Waals surface area contributed by atoms with Crippen molar-refractivity contribution in [2.45, 2.75) is 32.4 Å². The highest BCUT2D eigenvalue weighted by atomic mass is 16.5. The van der Waals surface area contributed by atoms with Gasteiger partial charge in [-0.2, -0.15) is 0 Å². The van der Waals surface area contributed by atoms with Crippen molar-refractivity contribution in [3.05, 3.63) is 23.9 Å². The fraction of sp³-hybridized carbons (Fsp3) is 0.706. The van der Waals surface area contributed by atoms with Gasteiger partial charge >= 0.3 is 0 Å². The van der Waals surface area contributed by atoms with Crippen LogP contribution in [0, 0.1) is 5.92 Å². The van der Waals surface area contributed by atoms with Crippen LogP contribution in [0.1, 0.15) is 25.3 Å². The molecule has 2 rings (SSSR count). The van der Waals surface area contributed by atoms with Crippen LogP contribution in [0.2, 0.25) is 0 Å². The van der Waals surface area contributed by atoms with Crippen molar-refractivity contribution in [3.63, 3.8) is 0 Å². The number of methoxy groups -OCH3 is 1. The third kappa shape index (κ3) is 4.93. The van der Waals surface area contributed by atoms with Crippen LogP contribution in [-0.2, 0) is 11.3 Å². The zero-order chi connectivity index (χ0) is 15.9. The van der Waals surface area contributed by atoms with E-state index in [-0.39, 0.29) is 6.04 Å². The Labute approximate surface area is 134 Å². The van der Waals surface area contributed by atoms with Crippen molar-refractivity contribution >= 4 is 5.82 Å². The van der Waals surface area contributed by atoms with Gasteiger partial charge in [-0.05, 0) is 43.9 Å². The topological polar surface area (TPSA) is 54.6 Å². The van der Waals surface area contributed by atoms with Gasteiger partial charge in [0.1, 0.15) is 5.82 Å². The number of nitrogens with zero attached hydrogens (tertiary/aromatic N) is 3. The first-order valence-corrected chi connectivity index (χ1v) is 8.23. The van der Waals surface area contributed by atoms with Gasteiger partial charge in [-0.25, -0.2) is 4.98 Å². The lowest BCUT2D eigenvalue weighted by atomic mass is 9.92. The van der Waals surface area contributed by atoms with Gasteiger partial charge in [-0.3, -0.25) is 4.90 Å². The highest BCUT2D eigenvalue weighted by Gasteiger charge is 2.22. The highest BCUT2D eigenvalue weighted by Crippen LogP contribution is 2.20. The first-order valence-electron chi connectivity index (χ1n) is 8.23. The standard InChI is InChI=1S/C17H30N4O/c1-14(18)16-5-4-8-21(13-16)12-15-6-7-17(19-11-15)20(2)9-10-22-3/h6-7,11,14,16H,4-5,8-10,12-13,18H2,1-3H3. The van der Waals surface area contributed by atoms with Crippen LogP contribution < -0.4 is 10.6 Å².